The number of hydrogen-bond acceptors (Lipinski definition) is 1. The first-order valence-electron chi connectivity index (χ1n) is 19.8. The van der Waals surface area contributed by atoms with Gasteiger partial charge in [-0.3, -0.25) is 0 Å². The third-order valence-electron chi connectivity index (χ3n) is 11.7. The molecular weight excluding hydrogens is 721 g/mol. The maximum atomic E-state index is 4.28. The van der Waals surface area contributed by atoms with Crippen molar-refractivity contribution in [2.24, 2.45) is 0 Å². The number of benzene rings is 8. The number of rotatable bonds is 7. The Morgan fingerprint density at radius 2 is 0.983 bits per heavy atom. The van der Waals surface area contributed by atoms with Gasteiger partial charge in [-0.25, -0.2) is 0 Å². The average molecular weight is 759 g/mol. The summed E-state index contributed by atoms with van der Waals surface area (Å²) in [5.41, 5.74) is 14.1. The Kier molecular flexibility index (Phi) is 8.09. The van der Waals surface area contributed by atoms with Crippen LogP contribution in [0.2, 0.25) is 0 Å². The molecule has 11 aromatic rings. The van der Waals surface area contributed by atoms with Gasteiger partial charge in [0.2, 0.25) is 0 Å². The zero-order valence-electron chi connectivity index (χ0n) is 32.1. The second-order valence-electron chi connectivity index (χ2n) is 14.9. The standard InChI is InChI=1S/C55H38N2S/c1-3-36(37-15-7-5-8-16-37)31-42(4-2)56-50-21-13-11-19-44(50)47-32-38(24-28-51(47)56)39-25-29-52-48(33-39)49-34-40(26-30-53(49)57(52)43-17-9-6-10-18-43)41-23-27-46-45-20-12-14-22-54(45)58-55(46)35-41/h3-35H,2H2,1H3/b36-3+,42-31+. The van der Waals surface area contributed by atoms with Crippen LogP contribution in [-0.4, -0.2) is 9.13 Å². The molecule has 0 saturated carbocycles. The molecule has 0 atom stereocenters. The smallest absolute Gasteiger partial charge is 0.0541 e. The minimum absolute atomic E-state index is 1.04. The lowest BCUT2D eigenvalue weighted by Gasteiger charge is -2.11. The van der Waals surface area contributed by atoms with Crippen molar-refractivity contribution in [2.75, 3.05) is 0 Å². The molecule has 11 rings (SSSR count). The van der Waals surface area contributed by atoms with Gasteiger partial charge in [0.25, 0.3) is 0 Å². The highest BCUT2D eigenvalue weighted by molar-refractivity contribution is 7.25. The molecule has 3 heteroatoms. The zero-order chi connectivity index (χ0) is 38.7. The Balaban J connectivity index is 1.08. The summed E-state index contributed by atoms with van der Waals surface area (Å²) in [6, 6.07) is 66.5. The van der Waals surface area contributed by atoms with Crippen molar-refractivity contribution in [1.82, 2.24) is 9.13 Å². The molecule has 0 saturated heterocycles. The van der Waals surface area contributed by atoms with E-state index in [0.717, 1.165) is 28.0 Å². The van der Waals surface area contributed by atoms with E-state index in [4.69, 9.17) is 0 Å². The maximum absolute atomic E-state index is 4.28. The third-order valence-corrected chi connectivity index (χ3v) is 12.8. The van der Waals surface area contributed by atoms with Crippen molar-refractivity contribution in [1.29, 1.82) is 0 Å². The van der Waals surface area contributed by atoms with Crippen LogP contribution in [0.3, 0.4) is 0 Å². The van der Waals surface area contributed by atoms with Crippen LogP contribution in [0.25, 0.3) is 103 Å². The lowest BCUT2D eigenvalue weighted by atomic mass is 9.99. The quantitative estimate of drug-likeness (QED) is 0.143. The molecule has 8 aromatic carbocycles. The predicted molar refractivity (Wildman–Crippen MR) is 252 cm³/mol. The van der Waals surface area contributed by atoms with Crippen molar-refractivity contribution in [2.45, 2.75) is 6.92 Å². The van der Waals surface area contributed by atoms with Gasteiger partial charge in [-0.2, -0.15) is 0 Å². The predicted octanol–water partition coefficient (Wildman–Crippen LogP) is 15.7. The van der Waals surface area contributed by atoms with E-state index in [1.54, 1.807) is 0 Å². The van der Waals surface area contributed by atoms with Crippen LogP contribution in [0.5, 0.6) is 0 Å². The Morgan fingerprint density at radius 3 is 1.66 bits per heavy atom. The fraction of sp³-hybridized carbons (Fsp3) is 0.0182. The van der Waals surface area contributed by atoms with Crippen LogP contribution in [-0.2, 0) is 0 Å². The first-order valence-corrected chi connectivity index (χ1v) is 20.6. The minimum Gasteiger partial charge on any atom is -0.309 e. The number of nitrogens with zero attached hydrogens (tertiary/aromatic N) is 2. The highest BCUT2D eigenvalue weighted by Crippen LogP contribution is 2.41. The Hall–Kier alpha value is -7.20. The van der Waals surface area contributed by atoms with Crippen LogP contribution >= 0.6 is 11.3 Å². The van der Waals surface area contributed by atoms with Gasteiger partial charge in [-0.1, -0.05) is 128 Å². The normalized spacial score (nSPS) is 12.5. The Bertz CT molecular complexity index is 3460. The molecule has 58 heavy (non-hydrogen) atoms. The molecule has 0 amide bonds. The minimum atomic E-state index is 1.04. The summed E-state index contributed by atoms with van der Waals surface area (Å²) in [7, 11) is 0. The molecule has 0 aliphatic rings. The van der Waals surface area contributed by atoms with E-state index < -0.39 is 0 Å². The van der Waals surface area contributed by atoms with Crippen molar-refractivity contribution in [3.63, 3.8) is 0 Å². The Labute approximate surface area is 341 Å². The summed E-state index contributed by atoms with van der Waals surface area (Å²) in [5.74, 6) is 0. The number of hydrogen-bond donors (Lipinski definition) is 0. The van der Waals surface area contributed by atoms with Crippen LogP contribution in [0.15, 0.2) is 207 Å². The van der Waals surface area contributed by atoms with Gasteiger partial charge in [-0.15, -0.1) is 11.3 Å². The first kappa shape index (κ1) is 34.1. The maximum Gasteiger partial charge on any atom is 0.0541 e. The molecule has 0 bridgehead atoms. The van der Waals surface area contributed by atoms with Crippen LogP contribution < -0.4 is 0 Å². The molecule has 274 valence electrons. The van der Waals surface area contributed by atoms with Crippen molar-refractivity contribution >= 4 is 86.4 Å². The summed E-state index contributed by atoms with van der Waals surface area (Å²) in [6.45, 7) is 6.38. The first-order chi connectivity index (χ1) is 28.7. The van der Waals surface area contributed by atoms with Crippen LogP contribution in [0.4, 0.5) is 0 Å². The van der Waals surface area contributed by atoms with Gasteiger partial charge in [0.05, 0.1) is 22.1 Å². The van der Waals surface area contributed by atoms with Crippen molar-refractivity contribution < 1.29 is 0 Å². The molecule has 2 nitrogen and oxygen atoms in total. The second kappa shape index (κ2) is 13.8. The highest BCUT2D eigenvalue weighted by Gasteiger charge is 2.18. The third kappa shape index (κ3) is 5.47. The van der Waals surface area contributed by atoms with E-state index in [0.29, 0.717) is 0 Å². The SMILES string of the molecule is C=C/C(=C\C(=C/C)c1ccccc1)n1c2ccccc2c2cc(-c3ccc4c(c3)c3cc(-c5ccc6c(c5)sc5ccccc56)ccc3n4-c3ccccc3)ccc21. The molecule has 0 aliphatic heterocycles. The lowest BCUT2D eigenvalue weighted by molar-refractivity contribution is 1.18. The van der Waals surface area contributed by atoms with Gasteiger partial charge < -0.3 is 9.13 Å². The number of fused-ring (bicyclic) bond motifs is 9. The number of aromatic nitrogens is 2. The molecule has 0 radical (unpaired) electrons. The topological polar surface area (TPSA) is 9.86 Å². The molecule has 0 spiro atoms. The fourth-order valence-electron chi connectivity index (χ4n) is 8.91. The zero-order valence-corrected chi connectivity index (χ0v) is 32.9. The molecule has 3 aromatic heterocycles. The van der Waals surface area contributed by atoms with E-state index in [9.17, 15) is 0 Å². The van der Waals surface area contributed by atoms with Gasteiger partial charge >= 0.3 is 0 Å². The monoisotopic (exact) mass is 758 g/mol. The van der Waals surface area contributed by atoms with Gasteiger partial charge in [-0.05, 0) is 119 Å². The lowest BCUT2D eigenvalue weighted by Crippen LogP contribution is -1.95. The number of para-hydroxylation sites is 2. The van der Waals surface area contributed by atoms with Crippen LogP contribution in [0, 0.1) is 0 Å². The molecular formula is C55H38N2S. The van der Waals surface area contributed by atoms with E-state index in [-0.39, 0.29) is 0 Å². The number of thiophene rings is 1. The fourth-order valence-corrected chi connectivity index (χ4v) is 10.1. The molecule has 0 unspecified atom stereocenters. The molecule has 0 aliphatic carbocycles. The van der Waals surface area contributed by atoms with Gasteiger partial charge in [0.15, 0.2) is 0 Å². The second-order valence-corrected chi connectivity index (χ2v) is 16.0. The van der Waals surface area contributed by atoms with Crippen LogP contribution in [0.1, 0.15) is 12.5 Å². The highest BCUT2D eigenvalue weighted by atomic mass is 32.1. The van der Waals surface area contributed by atoms with Gasteiger partial charge in [0.1, 0.15) is 0 Å². The molecule has 3 heterocycles. The van der Waals surface area contributed by atoms with Crippen molar-refractivity contribution in [3.8, 4) is 27.9 Å². The van der Waals surface area contributed by atoms with E-state index in [2.05, 4.69) is 217 Å². The summed E-state index contributed by atoms with van der Waals surface area (Å²) in [4.78, 5) is 0. The summed E-state index contributed by atoms with van der Waals surface area (Å²) in [5, 5.41) is 7.56. The summed E-state index contributed by atoms with van der Waals surface area (Å²) >= 11 is 1.87. The van der Waals surface area contributed by atoms with Crippen molar-refractivity contribution in [3.05, 3.63) is 212 Å². The molecule has 0 fully saturated rings. The van der Waals surface area contributed by atoms with E-state index in [1.807, 2.05) is 17.4 Å². The van der Waals surface area contributed by atoms with Gasteiger partial charge in [0, 0.05) is 53.1 Å². The summed E-state index contributed by atoms with van der Waals surface area (Å²) in [6.07, 6.45) is 6.38. The largest absolute Gasteiger partial charge is 0.309 e. The molecule has 0 N–H and O–H groups in total. The Morgan fingerprint density at radius 1 is 0.466 bits per heavy atom. The average Bonchev–Trinajstić information content (AvgIpc) is 3.94. The van der Waals surface area contributed by atoms with E-state index in [1.165, 1.54) is 80.6 Å². The number of allylic oxidation sites excluding steroid dienone is 5. The van der Waals surface area contributed by atoms with E-state index >= 15 is 0 Å². The summed E-state index contributed by atoms with van der Waals surface area (Å²) < 4.78 is 7.40.